The predicted molar refractivity (Wildman–Crippen MR) is 32.6 cm³/mol. The molecule has 1 radical (unpaired) electrons. The Morgan fingerprint density at radius 3 is 2.33 bits per heavy atom. The summed E-state index contributed by atoms with van der Waals surface area (Å²) < 4.78 is 0. The highest BCUT2D eigenvalue weighted by Gasteiger charge is 2.37. The van der Waals surface area contributed by atoms with E-state index in [1.54, 1.807) is 6.92 Å². The van der Waals surface area contributed by atoms with E-state index in [2.05, 4.69) is 6.92 Å². The molecule has 3 heteroatoms. The molecule has 9 heavy (non-hydrogen) atoms. The van der Waals surface area contributed by atoms with Gasteiger partial charge in [0.25, 0.3) is 0 Å². The summed E-state index contributed by atoms with van der Waals surface area (Å²) in [5.41, 5.74) is -0.659. The zero-order chi connectivity index (χ0) is 7.07. The first-order chi connectivity index (χ1) is 4.01. The average Bonchev–Trinajstić information content (AvgIpc) is 1.59. The molecule has 0 saturated carbocycles. The quantitative estimate of drug-likeness (QED) is 0.474. The number of hydrogen-bond acceptors (Lipinski definition) is 2. The Balaban J connectivity index is 2.35. The van der Waals surface area contributed by atoms with Crippen molar-refractivity contribution in [1.29, 1.82) is 0 Å². The maximum atomic E-state index is 10.4. The van der Waals surface area contributed by atoms with Gasteiger partial charge in [0.1, 0.15) is 0 Å². The van der Waals surface area contributed by atoms with E-state index in [0.29, 0.717) is 13.1 Å². The molecule has 0 spiro atoms. The highest BCUT2D eigenvalue weighted by molar-refractivity contribution is 5.81. The summed E-state index contributed by atoms with van der Waals surface area (Å²) >= 11 is 0. The molecule has 0 bridgehead atoms. The first kappa shape index (κ1) is 6.55. The maximum absolute atomic E-state index is 10.4. The second kappa shape index (κ2) is 1.70. The predicted octanol–water partition coefficient (Wildman–Crippen LogP) is -0.586. The largest absolute Gasteiger partial charge is 0.386 e. The number of carbonyl (C=O) groups is 1. The Morgan fingerprint density at radius 2 is 2.22 bits per heavy atom. The van der Waals surface area contributed by atoms with Crippen LogP contribution < -0.4 is 0 Å². The second-order valence-electron chi connectivity index (χ2n) is 2.75. The van der Waals surface area contributed by atoms with Gasteiger partial charge in [-0.1, -0.05) is 0 Å². The minimum atomic E-state index is -0.659. The molecule has 0 atom stereocenters. The van der Waals surface area contributed by atoms with Gasteiger partial charge >= 0.3 is 0 Å². The molecule has 1 heterocycles. The van der Waals surface area contributed by atoms with Crippen LogP contribution in [0.5, 0.6) is 0 Å². The van der Waals surface area contributed by atoms with E-state index in [1.165, 1.54) is 4.90 Å². The Labute approximate surface area is 54.3 Å². The van der Waals surface area contributed by atoms with E-state index in [-0.39, 0.29) is 5.91 Å². The topological polar surface area (TPSA) is 40.5 Å². The highest BCUT2D eigenvalue weighted by atomic mass is 16.3. The molecule has 0 aromatic rings. The standard InChI is InChI=1S/C6H10NO2/c1-5(8)7-3-6(2,9)4-7/h9H,1,3-4H2,2H3. The molecule has 0 aliphatic carbocycles. The molecule has 1 saturated heterocycles. The Morgan fingerprint density at radius 1 is 1.78 bits per heavy atom. The van der Waals surface area contributed by atoms with Crippen LogP contribution >= 0.6 is 0 Å². The number of rotatable bonds is 0. The van der Waals surface area contributed by atoms with Gasteiger partial charge in [-0.2, -0.15) is 0 Å². The van der Waals surface area contributed by atoms with Crippen molar-refractivity contribution < 1.29 is 9.90 Å². The van der Waals surface area contributed by atoms with E-state index >= 15 is 0 Å². The summed E-state index contributed by atoms with van der Waals surface area (Å²) in [5, 5.41) is 9.11. The number of likely N-dealkylation sites (tertiary alicyclic amines) is 1. The van der Waals surface area contributed by atoms with Crippen molar-refractivity contribution in [2.45, 2.75) is 12.5 Å². The lowest BCUT2D eigenvalue weighted by atomic mass is 9.97. The molecule has 0 aromatic heterocycles. The third-order valence-electron chi connectivity index (χ3n) is 1.42. The van der Waals surface area contributed by atoms with Crippen molar-refractivity contribution in [2.24, 2.45) is 0 Å². The fraction of sp³-hybridized carbons (Fsp3) is 0.667. The van der Waals surface area contributed by atoms with Crippen LogP contribution in [0.2, 0.25) is 0 Å². The van der Waals surface area contributed by atoms with E-state index < -0.39 is 5.60 Å². The number of hydrogen-bond donors (Lipinski definition) is 1. The number of β-amino-alcohol motifs (C(OH)–C–C–N with tert-alkyl or cyclic N) is 1. The monoisotopic (exact) mass is 128 g/mol. The Hall–Kier alpha value is -0.570. The Bertz CT molecular complexity index is 134. The van der Waals surface area contributed by atoms with Gasteiger partial charge in [-0.3, -0.25) is 4.79 Å². The molecule has 51 valence electrons. The van der Waals surface area contributed by atoms with Crippen LogP contribution in [-0.2, 0) is 4.79 Å². The average molecular weight is 128 g/mol. The molecule has 1 amide bonds. The van der Waals surface area contributed by atoms with Crippen molar-refractivity contribution in [1.82, 2.24) is 4.90 Å². The molecular formula is C6H10NO2. The molecular weight excluding hydrogens is 118 g/mol. The lowest BCUT2D eigenvalue weighted by Gasteiger charge is -2.43. The first-order valence-corrected chi connectivity index (χ1v) is 2.84. The van der Waals surface area contributed by atoms with Crippen LogP contribution in [0.1, 0.15) is 6.92 Å². The first-order valence-electron chi connectivity index (χ1n) is 2.84. The molecule has 1 fully saturated rings. The van der Waals surface area contributed by atoms with Gasteiger partial charge < -0.3 is 10.0 Å². The molecule has 1 aliphatic rings. The van der Waals surface area contributed by atoms with Gasteiger partial charge in [0.2, 0.25) is 5.91 Å². The maximum Gasteiger partial charge on any atom is 0.223 e. The number of amides is 1. The van der Waals surface area contributed by atoms with E-state index in [1.807, 2.05) is 0 Å². The van der Waals surface area contributed by atoms with E-state index in [4.69, 9.17) is 5.11 Å². The molecule has 0 unspecified atom stereocenters. The van der Waals surface area contributed by atoms with Crippen LogP contribution in [-0.4, -0.2) is 34.6 Å². The smallest absolute Gasteiger partial charge is 0.223 e. The minimum absolute atomic E-state index is 0.207. The number of nitrogens with zero attached hydrogens (tertiary/aromatic N) is 1. The third kappa shape index (κ3) is 1.21. The van der Waals surface area contributed by atoms with Crippen molar-refractivity contribution in [3.8, 4) is 0 Å². The van der Waals surface area contributed by atoms with E-state index in [0.717, 1.165) is 0 Å². The summed E-state index contributed by atoms with van der Waals surface area (Å²) in [6.45, 7) is 5.75. The van der Waals surface area contributed by atoms with Gasteiger partial charge in [-0.15, -0.1) is 0 Å². The number of aliphatic hydroxyl groups is 1. The molecule has 1 N–H and O–H groups in total. The zero-order valence-corrected chi connectivity index (χ0v) is 5.42. The molecule has 3 nitrogen and oxygen atoms in total. The van der Waals surface area contributed by atoms with Crippen LogP contribution in [0.15, 0.2) is 0 Å². The van der Waals surface area contributed by atoms with Crippen molar-refractivity contribution >= 4 is 5.91 Å². The van der Waals surface area contributed by atoms with Crippen molar-refractivity contribution in [3.05, 3.63) is 6.92 Å². The van der Waals surface area contributed by atoms with Crippen LogP contribution in [0, 0.1) is 6.92 Å². The number of carbonyl (C=O) groups excluding carboxylic acids is 1. The fourth-order valence-electron chi connectivity index (χ4n) is 0.952. The highest BCUT2D eigenvalue weighted by Crippen LogP contribution is 2.18. The summed E-state index contributed by atoms with van der Waals surface area (Å²) in [6, 6.07) is 0. The van der Waals surface area contributed by atoms with Crippen molar-refractivity contribution in [3.63, 3.8) is 0 Å². The van der Waals surface area contributed by atoms with E-state index in [9.17, 15) is 4.79 Å². The zero-order valence-electron chi connectivity index (χ0n) is 5.42. The lowest BCUT2D eigenvalue weighted by Crippen LogP contribution is -2.61. The summed E-state index contributed by atoms with van der Waals surface area (Å²) in [5.74, 6) is -0.207. The summed E-state index contributed by atoms with van der Waals surface area (Å²) in [7, 11) is 0. The summed E-state index contributed by atoms with van der Waals surface area (Å²) in [6.07, 6.45) is 0. The van der Waals surface area contributed by atoms with Crippen LogP contribution in [0.3, 0.4) is 0 Å². The molecule has 1 aliphatic heterocycles. The summed E-state index contributed by atoms with van der Waals surface area (Å²) in [4.78, 5) is 11.9. The third-order valence-corrected chi connectivity index (χ3v) is 1.42. The Kier molecular flexibility index (Phi) is 1.24. The van der Waals surface area contributed by atoms with Crippen LogP contribution in [0.25, 0.3) is 0 Å². The van der Waals surface area contributed by atoms with Gasteiger partial charge in [0.15, 0.2) is 0 Å². The fourth-order valence-corrected chi connectivity index (χ4v) is 0.952. The molecule has 1 rings (SSSR count). The van der Waals surface area contributed by atoms with Gasteiger partial charge in [-0.05, 0) is 6.92 Å². The lowest BCUT2D eigenvalue weighted by molar-refractivity contribution is -0.147. The van der Waals surface area contributed by atoms with Gasteiger partial charge in [0, 0.05) is 6.92 Å². The SMILES string of the molecule is [CH2]C(=O)N1CC(C)(O)C1. The van der Waals surface area contributed by atoms with Gasteiger partial charge in [-0.25, -0.2) is 0 Å². The molecule has 0 aromatic carbocycles. The van der Waals surface area contributed by atoms with Crippen LogP contribution in [0.4, 0.5) is 0 Å². The van der Waals surface area contributed by atoms with Gasteiger partial charge in [0.05, 0.1) is 18.7 Å². The normalized spacial score (nSPS) is 23.2. The minimum Gasteiger partial charge on any atom is -0.386 e. The van der Waals surface area contributed by atoms with Crippen molar-refractivity contribution in [2.75, 3.05) is 13.1 Å². The second-order valence-corrected chi connectivity index (χ2v) is 2.75.